The maximum Gasteiger partial charge on any atom is 0.235 e. The smallest absolute Gasteiger partial charge is 0.235 e. The first-order valence-corrected chi connectivity index (χ1v) is 4.85. The van der Waals surface area contributed by atoms with Crippen molar-refractivity contribution >= 4 is 29.1 Å². The number of benzene rings is 1. The van der Waals surface area contributed by atoms with Crippen molar-refractivity contribution in [1.29, 1.82) is 0 Å². The zero-order chi connectivity index (χ0) is 10.6. The molecule has 3 nitrogen and oxygen atoms in total. The van der Waals surface area contributed by atoms with Crippen LogP contribution >= 0.6 is 23.2 Å². The van der Waals surface area contributed by atoms with E-state index in [2.05, 4.69) is 5.32 Å². The lowest BCUT2D eigenvalue weighted by atomic mass is 10.2. The fraction of sp³-hybridized carbons (Fsp3) is 0.222. The molecule has 5 heteroatoms. The van der Waals surface area contributed by atoms with E-state index >= 15 is 0 Å². The molecule has 0 aliphatic rings. The first-order chi connectivity index (χ1) is 6.63. The quantitative estimate of drug-likeness (QED) is 0.784. The van der Waals surface area contributed by atoms with Gasteiger partial charge in [0, 0.05) is 6.54 Å². The molecule has 0 atom stereocenters. The van der Waals surface area contributed by atoms with Crippen LogP contribution in [0.3, 0.4) is 0 Å². The van der Waals surface area contributed by atoms with Gasteiger partial charge in [-0.05, 0) is 17.7 Å². The van der Waals surface area contributed by atoms with E-state index < -0.39 is 0 Å². The molecule has 0 aliphatic carbocycles. The third kappa shape index (κ3) is 3.09. The number of carbonyl (C=O) groups excluding carboxylic acids is 1. The van der Waals surface area contributed by atoms with E-state index in [-0.39, 0.29) is 22.6 Å². The van der Waals surface area contributed by atoms with E-state index in [4.69, 9.17) is 28.3 Å². The molecule has 1 amide bonds. The normalized spacial score (nSPS) is 9.86. The monoisotopic (exact) mass is 233 g/mol. The van der Waals surface area contributed by atoms with Gasteiger partial charge >= 0.3 is 0 Å². The number of phenolic OH excluding ortho intramolecular Hbond substituents is 1. The van der Waals surface area contributed by atoms with Crippen LogP contribution in [0.15, 0.2) is 18.2 Å². The maximum absolute atomic E-state index is 10.8. The zero-order valence-corrected chi connectivity index (χ0v) is 8.77. The third-order valence-corrected chi connectivity index (χ3v) is 2.17. The molecule has 2 N–H and O–H groups in total. The molecular formula is C9H9Cl2NO2. The Morgan fingerprint density at radius 3 is 2.79 bits per heavy atom. The molecular weight excluding hydrogens is 225 g/mol. The summed E-state index contributed by atoms with van der Waals surface area (Å²) in [4.78, 5) is 10.8. The van der Waals surface area contributed by atoms with Crippen LogP contribution in [-0.4, -0.2) is 16.9 Å². The molecule has 0 saturated carbocycles. The van der Waals surface area contributed by atoms with Crippen LogP contribution in [-0.2, 0) is 11.3 Å². The second-order valence-electron chi connectivity index (χ2n) is 2.70. The SMILES string of the molecule is O=C(CCl)NCc1ccc(O)c(Cl)c1. The second-order valence-corrected chi connectivity index (χ2v) is 3.37. The first kappa shape index (κ1) is 11.1. The summed E-state index contributed by atoms with van der Waals surface area (Å²) >= 11 is 11.0. The van der Waals surface area contributed by atoms with Crippen LogP contribution in [0, 0.1) is 0 Å². The maximum atomic E-state index is 10.8. The van der Waals surface area contributed by atoms with Crippen molar-refractivity contribution in [2.24, 2.45) is 0 Å². The summed E-state index contributed by atoms with van der Waals surface area (Å²) in [6.07, 6.45) is 0. The van der Waals surface area contributed by atoms with Crippen LogP contribution in [0.4, 0.5) is 0 Å². The van der Waals surface area contributed by atoms with E-state index in [1.807, 2.05) is 0 Å². The van der Waals surface area contributed by atoms with E-state index in [0.717, 1.165) is 5.56 Å². The number of nitrogens with one attached hydrogen (secondary N) is 1. The Labute approximate surface area is 91.6 Å². The van der Waals surface area contributed by atoms with Gasteiger partial charge in [-0.25, -0.2) is 0 Å². The van der Waals surface area contributed by atoms with Crippen LogP contribution in [0.25, 0.3) is 0 Å². The highest BCUT2D eigenvalue weighted by atomic mass is 35.5. The molecule has 1 rings (SSSR count). The van der Waals surface area contributed by atoms with Gasteiger partial charge in [-0.1, -0.05) is 17.7 Å². The lowest BCUT2D eigenvalue weighted by Crippen LogP contribution is -2.23. The Morgan fingerprint density at radius 1 is 1.50 bits per heavy atom. The van der Waals surface area contributed by atoms with Gasteiger partial charge < -0.3 is 10.4 Å². The summed E-state index contributed by atoms with van der Waals surface area (Å²) in [5.74, 6) is -0.277. The van der Waals surface area contributed by atoms with Crippen LogP contribution in [0.1, 0.15) is 5.56 Å². The highest BCUT2D eigenvalue weighted by Gasteiger charge is 2.01. The molecule has 0 radical (unpaired) electrons. The Hall–Kier alpha value is -0.930. The number of hydrogen-bond acceptors (Lipinski definition) is 2. The van der Waals surface area contributed by atoms with Crippen molar-refractivity contribution < 1.29 is 9.90 Å². The molecule has 0 fully saturated rings. The van der Waals surface area contributed by atoms with Crippen molar-refractivity contribution in [3.8, 4) is 5.75 Å². The minimum Gasteiger partial charge on any atom is -0.506 e. The first-order valence-electron chi connectivity index (χ1n) is 3.93. The Bertz CT molecular complexity index is 342. The average Bonchev–Trinajstić information content (AvgIpc) is 2.19. The van der Waals surface area contributed by atoms with Gasteiger partial charge in [-0.15, -0.1) is 11.6 Å². The number of rotatable bonds is 3. The van der Waals surface area contributed by atoms with Crippen LogP contribution in [0.2, 0.25) is 5.02 Å². The predicted molar refractivity (Wildman–Crippen MR) is 55.7 cm³/mol. The van der Waals surface area contributed by atoms with Gasteiger partial charge in [0.2, 0.25) is 5.91 Å². The number of hydrogen-bond donors (Lipinski definition) is 2. The fourth-order valence-corrected chi connectivity index (χ4v) is 1.21. The van der Waals surface area contributed by atoms with E-state index in [1.165, 1.54) is 6.07 Å². The number of phenols is 1. The molecule has 0 heterocycles. The van der Waals surface area contributed by atoms with Gasteiger partial charge in [0.1, 0.15) is 11.6 Å². The number of amides is 1. The summed E-state index contributed by atoms with van der Waals surface area (Å²) in [5.41, 5.74) is 0.811. The summed E-state index contributed by atoms with van der Waals surface area (Å²) in [6, 6.07) is 4.74. The summed E-state index contributed by atoms with van der Waals surface area (Å²) < 4.78 is 0. The lowest BCUT2D eigenvalue weighted by molar-refractivity contribution is -0.118. The molecule has 14 heavy (non-hydrogen) atoms. The zero-order valence-electron chi connectivity index (χ0n) is 7.26. The van der Waals surface area contributed by atoms with Crippen molar-refractivity contribution in [3.05, 3.63) is 28.8 Å². The Morgan fingerprint density at radius 2 is 2.21 bits per heavy atom. The Balaban J connectivity index is 2.60. The number of carbonyl (C=O) groups is 1. The third-order valence-electron chi connectivity index (χ3n) is 1.62. The molecule has 0 saturated heterocycles. The van der Waals surface area contributed by atoms with Gasteiger partial charge in [0.15, 0.2) is 0 Å². The van der Waals surface area contributed by atoms with Gasteiger partial charge in [-0.3, -0.25) is 4.79 Å². The average molecular weight is 234 g/mol. The molecule has 0 bridgehead atoms. The highest BCUT2D eigenvalue weighted by Crippen LogP contribution is 2.23. The summed E-state index contributed by atoms with van der Waals surface area (Å²) in [7, 11) is 0. The lowest BCUT2D eigenvalue weighted by Gasteiger charge is -2.04. The van der Waals surface area contributed by atoms with Crippen LogP contribution < -0.4 is 5.32 Å². The van der Waals surface area contributed by atoms with Crippen molar-refractivity contribution in [2.45, 2.75) is 6.54 Å². The molecule has 0 aliphatic heterocycles. The second kappa shape index (κ2) is 5.08. The summed E-state index contributed by atoms with van der Waals surface area (Å²) in [5, 5.41) is 12.0. The van der Waals surface area contributed by atoms with Crippen LogP contribution in [0.5, 0.6) is 5.75 Å². The minimum absolute atomic E-state index is 0.0269. The number of alkyl halides is 1. The van der Waals surface area contributed by atoms with E-state index in [9.17, 15) is 4.79 Å². The van der Waals surface area contributed by atoms with Crippen molar-refractivity contribution in [2.75, 3.05) is 5.88 Å². The predicted octanol–water partition coefficient (Wildman–Crippen LogP) is 1.90. The van der Waals surface area contributed by atoms with Crippen molar-refractivity contribution in [1.82, 2.24) is 5.32 Å². The Kier molecular flexibility index (Phi) is 4.04. The van der Waals surface area contributed by atoms with Crippen molar-refractivity contribution in [3.63, 3.8) is 0 Å². The van der Waals surface area contributed by atoms with Gasteiger partial charge in [-0.2, -0.15) is 0 Å². The van der Waals surface area contributed by atoms with E-state index in [0.29, 0.717) is 6.54 Å². The minimum atomic E-state index is -0.240. The summed E-state index contributed by atoms with van der Waals surface area (Å²) in [6.45, 7) is 0.353. The highest BCUT2D eigenvalue weighted by molar-refractivity contribution is 6.32. The van der Waals surface area contributed by atoms with E-state index in [1.54, 1.807) is 12.1 Å². The molecule has 0 aromatic heterocycles. The van der Waals surface area contributed by atoms with Gasteiger partial charge in [0.25, 0.3) is 0 Å². The molecule has 0 spiro atoms. The molecule has 76 valence electrons. The molecule has 0 unspecified atom stereocenters. The number of halogens is 2. The fourth-order valence-electron chi connectivity index (χ4n) is 0.908. The standard InChI is InChI=1S/C9H9Cl2NO2/c10-4-9(14)12-5-6-1-2-8(13)7(11)3-6/h1-3,13H,4-5H2,(H,12,14). The van der Waals surface area contributed by atoms with Gasteiger partial charge in [0.05, 0.1) is 5.02 Å². The topological polar surface area (TPSA) is 49.3 Å². The molecule has 1 aromatic rings. The molecule has 1 aromatic carbocycles. The number of aromatic hydroxyl groups is 1. The largest absolute Gasteiger partial charge is 0.506 e.